The van der Waals surface area contributed by atoms with Crippen LogP contribution in [-0.2, 0) is 44.4 Å². The molecule has 3 rings (SSSR count). The van der Waals surface area contributed by atoms with E-state index in [-0.39, 0.29) is 42.9 Å². The van der Waals surface area contributed by atoms with Crippen molar-refractivity contribution >= 4 is 47.5 Å². The minimum absolute atomic E-state index is 0. The van der Waals surface area contributed by atoms with Crippen molar-refractivity contribution in [2.45, 2.75) is 37.8 Å². The van der Waals surface area contributed by atoms with E-state index in [4.69, 9.17) is 51.6 Å². The number of rotatable bonds is 23. The van der Waals surface area contributed by atoms with Gasteiger partial charge in [-0.1, -0.05) is 59.6 Å². The molecule has 2 atom stereocenters. The van der Waals surface area contributed by atoms with Gasteiger partial charge in [-0.25, -0.2) is 0 Å². The van der Waals surface area contributed by atoms with Gasteiger partial charge < -0.3 is 33.3 Å². The number of methoxy groups -OCH3 is 1. The van der Waals surface area contributed by atoms with Crippen molar-refractivity contribution in [2.75, 3.05) is 93.3 Å². The van der Waals surface area contributed by atoms with Crippen LogP contribution in [0.5, 0.6) is 0 Å². The van der Waals surface area contributed by atoms with Crippen LogP contribution < -0.4 is 0 Å². The molecule has 2 aromatic carbocycles. The lowest BCUT2D eigenvalue weighted by Crippen LogP contribution is -2.39. The number of carbonyl (C=O) groups excluding carboxylic acids is 2. The number of hydrogen-bond donors (Lipinski definition) is 0. The lowest BCUT2D eigenvalue weighted by Gasteiger charge is -2.32. The van der Waals surface area contributed by atoms with Gasteiger partial charge in [-0.2, -0.15) is 0 Å². The molecule has 0 unspecified atom stereocenters. The van der Waals surface area contributed by atoms with Gasteiger partial charge in [-0.3, -0.25) is 14.5 Å². The maximum absolute atomic E-state index is 13.3. The average Bonchev–Trinajstić information content (AvgIpc) is 3.50. The molecule has 2 aromatic rings. The summed E-state index contributed by atoms with van der Waals surface area (Å²) >= 11 is 12.2. The summed E-state index contributed by atoms with van der Waals surface area (Å²) in [6, 6.07) is 15.1. The normalized spacial score (nSPS) is 15.3. The number of nitrogens with zero attached hydrogens (tertiary/aromatic N) is 2. The molecule has 0 bridgehead atoms. The van der Waals surface area contributed by atoms with Crippen LogP contribution in [0, 0.1) is 0 Å². The molecule has 0 aliphatic carbocycles. The smallest absolute Gasteiger partial charge is 0.306 e. The Labute approximate surface area is 295 Å². The van der Waals surface area contributed by atoms with Gasteiger partial charge in [0.2, 0.25) is 5.91 Å². The van der Waals surface area contributed by atoms with Crippen LogP contribution in [0.2, 0.25) is 10.0 Å². The predicted octanol–water partition coefficient (Wildman–Crippen LogP) is 5.27. The van der Waals surface area contributed by atoms with E-state index in [9.17, 15) is 9.59 Å². The van der Waals surface area contributed by atoms with Gasteiger partial charge in [-0.05, 0) is 36.1 Å². The van der Waals surface area contributed by atoms with E-state index >= 15 is 0 Å². The standard InChI is InChI=1S/C34H48Cl2N2O8.ClH/c1-37(33(39)24-27-10-11-30(35)31(36)23-27)32(28-7-4-3-5-8-28)26-38-13-12-29(25-38)46-34(40)9-6-14-42-17-18-44-21-22-45-20-19-43-16-15-41-2;/h3-5,7-8,10-11,23,29,32H,6,9,12-22,24-26H2,1-2H3;1H/t29-,32+;/m0./s1. The number of hydrogen-bond acceptors (Lipinski definition) is 9. The summed E-state index contributed by atoms with van der Waals surface area (Å²) in [5.74, 6) is -0.239. The van der Waals surface area contributed by atoms with E-state index in [1.54, 1.807) is 24.1 Å². The van der Waals surface area contributed by atoms with Crippen molar-refractivity contribution in [2.24, 2.45) is 0 Å². The van der Waals surface area contributed by atoms with E-state index in [0.29, 0.717) is 95.4 Å². The highest BCUT2D eigenvalue weighted by atomic mass is 35.5. The lowest BCUT2D eigenvalue weighted by atomic mass is 10.0. The number of halogens is 3. The van der Waals surface area contributed by atoms with Gasteiger partial charge in [0.15, 0.2) is 0 Å². The van der Waals surface area contributed by atoms with Gasteiger partial charge in [0, 0.05) is 46.8 Å². The third-order valence-corrected chi connectivity index (χ3v) is 8.30. The molecule has 1 aliphatic rings. The maximum atomic E-state index is 13.3. The van der Waals surface area contributed by atoms with Gasteiger partial charge in [0.1, 0.15) is 6.10 Å². The second-order valence-corrected chi connectivity index (χ2v) is 11.9. The average molecular weight is 720 g/mol. The molecule has 0 radical (unpaired) electrons. The minimum Gasteiger partial charge on any atom is -0.461 e. The fraction of sp³-hybridized carbons (Fsp3) is 0.588. The number of esters is 1. The minimum atomic E-state index is -0.219. The SMILES string of the molecule is COCCOCCOCCOCCOCCCC(=O)O[C@H]1CCN(C[C@H](c2ccccc2)N(C)C(=O)Cc2ccc(Cl)c(Cl)c2)C1.Cl. The van der Waals surface area contributed by atoms with Crippen molar-refractivity contribution in [3.05, 3.63) is 69.7 Å². The summed E-state index contributed by atoms with van der Waals surface area (Å²) < 4.78 is 32.5. The Morgan fingerprint density at radius 3 is 2.11 bits per heavy atom. The highest BCUT2D eigenvalue weighted by molar-refractivity contribution is 6.42. The molecule has 1 saturated heterocycles. The first kappa shape index (κ1) is 41.2. The molecule has 0 spiro atoms. The summed E-state index contributed by atoms with van der Waals surface area (Å²) in [5, 5.41) is 0.889. The first-order valence-corrected chi connectivity index (χ1v) is 16.6. The number of carbonyl (C=O) groups is 2. The molecule has 0 saturated carbocycles. The molecule has 47 heavy (non-hydrogen) atoms. The summed E-state index contributed by atoms with van der Waals surface area (Å²) in [6.07, 6.45) is 1.69. The molecule has 264 valence electrons. The molecule has 1 amide bonds. The molecule has 10 nitrogen and oxygen atoms in total. The summed E-state index contributed by atoms with van der Waals surface area (Å²) in [6.45, 7) is 6.62. The molecule has 1 heterocycles. The first-order valence-electron chi connectivity index (χ1n) is 15.8. The molecule has 1 aliphatic heterocycles. The van der Waals surface area contributed by atoms with Crippen LogP contribution in [0.15, 0.2) is 48.5 Å². The molecule has 0 aromatic heterocycles. The van der Waals surface area contributed by atoms with Crippen LogP contribution in [0.3, 0.4) is 0 Å². The van der Waals surface area contributed by atoms with E-state index in [0.717, 1.165) is 24.1 Å². The Morgan fingerprint density at radius 1 is 0.872 bits per heavy atom. The van der Waals surface area contributed by atoms with Crippen molar-refractivity contribution in [1.29, 1.82) is 0 Å². The van der Waals surface area contributed by atoms with E-state index < -0.39 is 0 Å². The zero-order valence-electron chi connectivity index (χ0n) is 27.4. The largest absolute Gasteiger partial charge is 0.461 e. The predicted molar refractivity (Wildman–Crippen MR) is 185 cm³/mol. The Morgan fingerprint density at radius 2 is 1.49 bits per heavy atom. The molecule has 1 fully saturated rings. The highest BCUT2D eigenvalue weighted by Gasteiger charge is 2.30. The summed E-state index contributed by atoms with van der Waals surface area (Å²) in [7, 11) is 3.47. The second kappa shape index (κ2) is 24.2. The summed E-state index contributed by atoms with van der Waals surface area (Å²) in [4.78, 5) is 29.8. The topological polar surface area (TPSA) is 96.0 Å². The van der Waals surface area contributed by atoms with Crippen molar-refractivity contribution < 1.29 is 38.0 Å². The zero-order chi connectivity index (χ0) is 33.0. The fourth-order valence-electron chi connectivity index (χ4n) is 5.02. The molecule has 0 N–H and O–H groups in total. The third kappa shape index (κ3) is 16.3. The van der Waals surface area contributed by atoms with Crippen molar-refractivity contribution in [1.82, 2.24) is 9.80 Å². The maximum Gasteiger partial charge on any atom is 0.306 e. The van der Waals surface area contributed by atoms with Crippen LogP contribution >= 0.6 is 35.6 Å². The van der Waals surface area contributed by atoms with Gasteiger partial charge in [0.25, 0.3) is 0 Å². The van der Waals surface area contributed by atoms with Gasteiger partial charge in [0.05, 0.1) is 75.4 Å². The lowest BCUT2D eigenvalue weighted by molar-refractivity contribution is -0.148. The summed E-state index contributed by atoms with van der Waals surface area (Å²) in [5.41, 5.74) is 1.86. The Kier molecular flexibility index (Phi) is 21.2. The van der Waals surface area contributed by atoms with E-state index in [1.165, 1.54) is 0 Å². The Bertz CT molecular complexity index is 1160. The molecule has 13 heteroatoms. The van der Waals surface area contributed by atoms with Crippen molar-refractivity contribution in [3.8, 4) is 0 Å². The van der Waals surface area contributed by atoms with E-state index in [2.05, 4.69) is 4.90 Å². The fourth-order valence-corrected chi connectivity index (χ4v) is 5.34. The highest BCUT2D eigenvalue weighted by Crippen LogP contribution is 2.26. The van der Waals surface area contributed by atoms with Crippen molar-refractivity contribution in [3.63, 3.8) is 0 Å². The van der Waals surface area contributed by atoms with Crippen LogP contribution in [0.25, 0.3) is 0 Å². The molecular weight excluding hydrogens is 671 g/mol. The monoisotopic (exact) mass is 718 g/mol. The quantitative estimate of drug-likeness (QED) is 0.113. The zero-order valence-corrected chi connectivity index (χ0v) is 29.7. The van der Waals surface area contributed by atoms with Gasteiger partial charge in [-0.15, -0.1) is 12.4 Å². The number of likely N-dealkylation sites (N-methyl/N-ethyl adjacent to an activating group) is 1. The van der Waals surface area contributed by atoms with Crippen LogP contribution in [0.1, 0.15) is 36.4 Å². The Hall–Kier alpha value is -1.99. The first-order chi connectivity index (χ1) is 22.4. The molecular formula is C34H49Cl3N2O8. The Balaban J connectivity index is 0.00000768. The third-order valence-electron chi connectivity index (χ3n) is 7.56. The number of benzene rings is 2. The van der Waals surface area contributed by atoms with Crippen LogP contribution in [0.4, 0.5) is 0 Å². The number of amides is 1. The number of ether oxygens (including phenoxy) is 6. The second-order valence-electron chi connectivity index (χ2n) is 11.1. The number of likely N-dealkylation sites (tertiary alicyclic amines) is 1. The van der Waals surface area contributed by atoms with Crippen LogP contribution in [-0.4, -0.2) is 121 Å². The van der Waals surface area contributed by atoms with Gasteiger partial charge >= 0.3 is 5.97 Å². The van der Waals surface area contributed by atoms with E-state index in [1.807, 2.05) is 43.4 Å².